The zero-order chi connectivity index (χ0) is 22.8. The molecule has 2 unspecified atom stereocenters. The Hall–Kier alpha value is -4.08. The molecule has 10 nitrogen and oxygen atoms in total. The van der Waals surface area contributed by atoms with Crippen LogP contribution in [0.1, 0.15) is 33.6 Å². The first-order chi connectivity index (χ1) is 15.3. The number of anilines is 4. The van der Waals surface area contributed by atoms with Gasteiger partial charge in [0.2, 0.25) is 0 Å². The summed E-state index contributed by atoms with van der Waals surface area (Å²) >= 11 is 0. The number of hydrogen-bond acceptors (Lipinski definition) is 8. The summed E-state index contributed by atoms with van der Waals surface area (Å²) in [5.74, 6) is -1.23. The molecule has 0 saturated carbocycles. The van der Waals surface area contributed by atoms with Crippen LogP contribution in [-0.4, -0.2) is 47.4 Å². The van der Waals surface area contributed by atoms with Crippen LogP contribution >= 0.6 is 0 Å². The number of aromatic carboxylic acids is 2. The predicted molar refractivity (Wildman–Crippen MR) is 120 cm³/mol. The van der Waals surface area contributed by atoms with Crippen LogP contribution in [0, 0.1) is 0 Å². The maximum absolute atomic E-state index is 11.2. The Kier molecular flexibility index (Phi) is 5.67. The summed E-state index contributed by atoms with van der Waals surface area (Å²) in [4.78, 5) is 22.3. The van der Waals surface area contributed by atoms with E-state index in [2.05, 4.69) is 10.6 Å². The second kappa shape index (κ2) is 8.58. The quantitative estimate of drug-likeness (QED) is 0.290. The molecule has 4 rings (SSSR count). The van der Waals surface area contributed by atoms with E-state index >= 15 is 0 Å². The second-order valence-electron chi connectivity index (χ2n) is 7.73. The molecule has 32 heavy (non-hydrogen) atoms. The van der Waals surface area contributed by atoms with Crippen molar-refractivity contribution in [1.29, 1.82) is 0 Å². The van der Waals surface area contributed by atoms with Gasteiger partial charge in [-0.15, -0.1) is 0 Å². The Morgan fingerprint density at radius 3 is 1.62 bits per heavy atom. The first kappa shape index (κ1) is 21.2. The first-order valence-electron chi connectivity index (χ1n) is 10.1. The number of rotatable bonds is 6. The molecule has 8 N–H and O–H groups in total. The number of carbonyl (C=O) groups is 2. The van der Waals surface area contributed by atoms with Crippen molar-refractivity contribution in [1.82, 2.24) is 0 Å². The van der Waals surface area contributed by atoms with E-state index in [9.17, 15) is 9.59 Å². The predicted octanol–water partition coefficient (Wildman–Crippen LogP) is 2.63. The number of ether oxygens (including phenoxy) is 2. The third kappa shape index (κ3) is 4.34. The number of hydrogen-bond donors (Lipinski definition) is 6. The molecule has 2 aliphatic heterocycles. The lowest BCUT2D eigenvalue weighted by molar-refractivity contribution is 0.0685. The van der Waals surface area contributed by atoms with Gasteiger partial charge in [0.15, 0.2) is 0 Å². The summed E-state index contributed by atoms with van der Waals surface area (Å²) < 4.78 is 11.4. The first-order valence-corrected chi connectivity index (χ1v) is 10.1. The van der Waals surface area contributed by atoms with Gasteiger partial charge in [0, 0.05) is 0 Å². The SMILES string of the molecule is Nc1cc(C(=O)O)cc2c1NC(C/C=C\CC1COc3cc(C(=O)O)cc(N)c3N1)CO2. The molecular formula is C22H24N4O6. The molecule has 2 aromatic carbocycles. The molecule has 0 fully saturated rings. The van der Waals surface area contributed by atoms with E-state index in [0.29, 0.717) is 60.3 Å². The second-order valence-corrected chi connectivity index (χ2v) is 7.73. The average molecular weight is 440 g/mol. The van der Waals surface area contributed by atoms with Gasteiger partial charge in [-0.25, -0.2) is 9.59 Å². The molecule has 168 valence electrons. The third-order valence-corrected chi connectivity index (χ3v) is 5.34. The smallest absolute Gasteiger partial charge is 0.335 e. The third-order valence-electron chi connectivity index (χ3n) is 5.34. The average Bonchev–Trinajstić information content (AvgIpc) is 2.76. The number of benzene rings is 2. The minimum absolute atomic E-state index is 0.00176. The minimum Gasteiger partial charge on any atom is -0.489 e. The van der Waals surface area contributed by atoms with E-state index in [1.807, 2.05) is 12.2 Å². The number of carboxylic acids is 2. The fourth-order valence-corrected chi connectivity index (χ4v) is 3.70. The number of nitrogen functional groups attached to an aromatic ring is 2. The van der Waals surface area contributed by atoms with E-state index in [-0.39, 0.29) is 23.2 Å². The lowest BCUT2D eigenvalue weighted by Crippen LogP contribution is -2.32. The highest BCUT2D eigenvalue weighted by molar-refractivity contribution is 5.93. The Morgan fingerprint density at radius 1 is 0.844 bits per heavy atom. The van der Waals surface area contributed by atoms with Crippen molar-refractivity contribution in [2.24, 2.45) is 0 Å². The molecule has 0 bridgehead atoms. The number of nitrogens with one attached hydrogen (secondary N) is 2. The fraction of sp³-hybridized carbons (Fsp3) is 0.273. The molecule has 2 aliphatic rings. The fourth-order valence-electron chi connectivity index (χ4n) is 3.70. The van der Waals surface area contributed by atoms with Crippen molar-refractivity contribution in [2.45, 2.75) is 24.9 Å². The van der Waals surface area contributed by atoms with Crippen molar-refractivity contribution in [3.05, 3.63) is 47.5 Å². The van der Waals surface area contributed by atoms with Crippen LogP contribution in [0.3, 0.4) is 0 Å². The Balaban J connectivity index is 1.32. The molecule has 2 atom stereocenters. The summed E-state index contributed by atoms with van der Waals surface area (Å²) in [6.45, 7) is 0.779. The van der Waals surface area contributed by atoms with E-state index < -0.39 is 11.9 Å². The lowest BCUT2D eigenvalue weighted by Gasteiger charge is -2.29. The number of nitrogens with two attached hydrogens (primary N) is 2. The van der Waals surface area contributed by atoms with Gasteiger partial charge in [0.25, 0.3) is 0 Å². The minimum atomic E-state index is -1.06. The van der Waals surface area contributed by atoms with Gasteiger partial charge >= 0.3 is 11.9 Å². The molecule has 10 heteroatoms. The highest BCUT2D eigenvalue weighted by Crippen LogP contribution is 2.37. The van der Waals surface area contributed by atoms with Gasteiger partial charge in [0.05, 0.1) is 34.6 Å². The van der Waals surface area contributed by atoms with Gasteiger partial charge in [-0.05, 0) is 37.1 Å². The summed E-state index contributed by atoms with van der Waals surface area (Å²) in [5.41, 5.74) is 14.0. The molecule has 0 saturated heterocycles. The monoisotopic (exact) mass is 440 g/mol. The van der Waals surface area contributed by atoms with Crippen molar-refractivity contribution < 1.29 is 29.3 Å². The molecule has 0 radical (unpaired) electrons. The molecule has 0 amide bonds. The Bertz CT molecular complexity index is 1010. The normalized spacial score (nSPS) is 19.0. The highest BCUT2D eigenvalue weighted by atomic mass is 16.5. The molecule has 0 aromatic heterocycles. The van der Waals surface area contributed by atoms with Gasteiger partial charge in [-0.1, -0.05) is 12.2 Å². The summed E-state index contributed by atoms with van der Waals surface area (Å²) in [6, 6.07) is 5.74. The van der Waals surface area contributed by atoms with Gasteiger partial charge in [-0.3, -0.25) is 0 Å². The highest BCUT2D eigenvalue weighted by Gasteiger charge is 2.24. The van der Waals surface area contributed by atoms with E-state index in [1.54, 1.807) is 0 Å². The summed E-state index contributed by atoms with van der Waals surface area (Å²) in [7, 11) is 0. The Labute approximate surface area is 183 Å². The number of fused-ring (bicyclic) bond motifs is 2. The van der Waals surface area contributed by atoms with Crippen molar-refractivity contribution in [3.63, 3.8) is 0 Å². The molecule has 2 aromatic rings. The largest absolute Gasteiger partial charge is 0.489 e. The van der Waals surface area contributed by atoms with Crippen molar-refractivity contribution in [3.8, 4) is 11.5 Å². The summed E-state index contributed by atoms with van der Waals surface area (Å²) in [6.07, 6.45) is 5.44. The standard InChI is InChI=1S/C22H24N4O6/c23-15-5-11(21(27)28)7-17-19(15)25-13(9-31-17)3-1-2-4-14-10-32-18-8-12(22(29)30)6-16(24)20(18)26-14/h1-2,5-8,13-14,25-26H,3-4,9-10,23-24H2,(H,27,28)(H,29,30)/b2-1-. The van der Waals surface area contributed by atoms with Crippen LogP contribution in [-0.2, 0) is 0 Å². The lowest BCUT2D eigenvalue weighted by atomic mass is 10.1. The number of carboxylic acid groups (broad SMARTS) is 2. The van der Waals surface area contributed by atoms with Crippen molar-refractivity contribution in [2.75, 3.05) is 35.3 Å². The van der Waals surface area contributed by atoms with E-state index in [4.69, 9.17) is 31.2 Å². The molecule has 2 heterocycles. The zero-order valence-corrected chi connectivity index (χ0v) is 17.1. The van der Waals surface area contributed by atoms with Crippen LogP contribution in [0.4, 0.5) is 22.7 Å². The maximum atomic E-state index is 11.2. The van der Waals surface area contributed by atoms with Crippen LogP contribution in [0.5, 0.6) is 11.5 Å². The maximum Gasteiger partial charge on any atom is 0.335 e. The van der Waals surface area contributed by atoms with Crippen LogP contribution in [0.2, 0.25) is 0 Å². The van der Waals surface area contributed by atoms with Crippen LogP contribution in [0.25, 0.3) is 0 Å². The van der Waals surface area contributed by atoms with Crippen molar-refractivity contribution >= 4 is 34.7 Å². The van der Waals surface area contributed by atoms with Gasteiger partial charge in [-0.2, -0.15) is 0 Å². The topological polar surface area (TPSA) is 169 Å². The Morgan fingerprint density at radius 2 is 1.25 bits per heavy atom. The van der Waals surface area contributed by atoms with E-state index in [0.717, 1.165) is 0 Å². The van der Waals surface area contributed by atoms with Gasteiger partial charge in [0.1, 0.15) is 36.1 Å². The molecule has 0 aliphatic carbocycles. The summed E-state index contributed by atoms with van der Waals surface area (Å²) in [5, 5.41) is 24.9. The zero-order valence-electron chi connectivity index (χ0n) is 17.1. The molecule has 0 spiro atoms. The molecular weight excluding hydrogens is 416 g/mol. The van der Waals surface area contributed by atoms with Crippen LogP contribution < -0.4 is 31.6 Å². The van der Waals surface area contributed by atoms with Crippen LogP contribution in [0.15, 0.2) is 36.4 Å². The van der Waals surface area contributed by atoms with Gasteiger partial charge < -0.3 is 41.8 Å². The van der Waals surface area contributed by atoms with E-state index in [1.165, 1.54) is 24.3 Å².